The topological polar surface area (TPSA) is 39.2 Å². The third-order valence-corrected chi connectivity index (χ3v) is 2.99. The number of aryl methyl sites for hydroxylation is 1. The molecule has 1 aromatic heterocycles. The molecule has 0 amide bonds. The van der Waals surface area contributed by atoms with E-state index in [9.17, 15) is 4.79 Å². The van der Waals surface area contributed by atoms with Crippen LogP contribution in [0.2, 0.25) is 0 Å². The van der Waals surface area contributed by atoms with Crippen molar-refractivity contribution < 1.29 is 9.53 Å². The number of hydrogen-bond acceptors (Lipinski definition) is 3. The normalized spacial score (nSPS) is 19.9. The molecule has 1 saturated heterocycles. The largest absolute Gasteiger partial charge is 0.378 e. The third-order valence-electron chi connectivity index (χ3n) is 2.99. The summed E-state index contributed by atoms with van der Waals surface area (Å²) < 4.78 is 5.50. The Kier molecular flexibility index (Phi) is 3.67. The van der Waals surface area contributed by atoms with Crippen molar-refractivity contribution in [2.75, 3.05) is 6.61 Å². The van der Waals surface area contributed by atoms with Crippen LogP contribution >= 0.6 is 0 Å². The number of carbonyl (C=O) groups is 1. The van der Waals surface area contributed by atoms with E-state index in [1.54, 1.807) is 6.20 Å². The lowest BCUT2D eigenvalue weighted by molar-refractivity contribution is 0.0855. The van der Waals surface area contributed by atoms with E-state index in [2.05, 4.69) is 4.98 Å². The number of carbonyl (C=O) groups excluding carboxylic acids is 1. The number of ether oxygens (including phenoxy) is 1. The number of ketones is 1. The maximum Gasteiger partial charge on any atom is 0.181 e. The molecule has 3 heteroatoms. The van der Waals surface area contributed by atoms with E-state index in [4.69, 9.17) is 4.74 Å². The third kappa shape index (κ3) is 2.67. The fourth-order valence-corrected chi connectivity index (χ4v) is 2.06. The zero-order valence-electron chi connectivity index (χ0n) is 9.61. The molecule has 2 heterocycles. The smallest absolute Gasteiger partial charge is 0.181 e. The van der Waals surface area contributed by atoms with Gasteiger partial charge >= 0.3 is 0 Å². The van der Waals surface area contributed by atoms with Gasteiger partial charge in [-0.15, -0.1) is 0 Å². The summed E-state index contributed by atoms with van der Waals surface area (Å²) in [4.78, 5) is 16.0. The van der Waals surface area contributed by atoms with Gasteiger partial charge in [-0.05, 0) is 37.8 Å². The Hall–Kier alpha value is -1.22. The maximum atomic E-state index is 11.9. The van der Waals surface area contributed by atoms with Crippen molar-refractivity contribution in [2.24, 2.45) is 0 Å². The SMILES string of the molecule is Cc1cccnc1C(=O)CCC1CCCO1. The summed E-state index contributed by atoms with van der Waals surface area (Å²) in [6.07, 6.45) is 5.55. The van der Waals surface area contributed by atoms with Crippen LogP contribution < -0.4 is 0 Å². The molecule has 1 aliphatic rings. The second-order valence-electron chi connectivity index (χ2n) is 4.27. The summed E-state index contributed by atoms with van der Waals surface area (Å²) in [5, 5.41) is 0. The van der Waals surface area contributed by atoms with E-state index in [1.165, 1.54) is 0 Å². The van der Waals surface area contributed by atoms with Gasteiger partial charge in [-0.3, -0.25) is 9.78 Å². The number of nitrogens with zero attached hydrogens (tertiary/aromatic N) is 1. The van der Waals surface area contributed by atoms with Crippen molar-refractivity contribution in [2.45, 2.75) is 38.7 Å². The van der Waals surface area contributed by atoms with Crippen molar-refractivity contribution >= 4 is 5.78 Å². The predicted molar refractivity (Wildman–Crippen MR) is 61.5 cm³/mol. The van der Waals surface area contributed by atoms with Gasteiger partial charge in [-0.2, -0.15) is 0 Å². The van der Waals surface area contributed by atoms with Crippen LogP contribution in [0, 0.1) is 6.92 Å². The number of aromatic nitrogens is 1. The Balaban J connectivity index is 1.90. The van der Waals surface area contributed by atoms with Crippen LogP contribution in [0.15, 0.2) is 18.3 Å². The molecule has 1 unspecified atom stereocenters. The van der Waals surface area contributed by atoms with Crippen molar-refractivity contribution in [3.05, 3.63) is 29.6 Å². The standard InChI is InChI=1S/C13H17NO2/c1-10-4-2-8-14-13(10)12(15)7-6-11-5-3-9-16-11/h2,4,8,11H,3,5-7,9H2,1H3. The van der Waals surface area contributed by atoms with Gasteiger partial charge in [-0.25, -0.2) is 0 Å². The quantitative estimate of drug-likeness (QED) is 0.730. The van der Waals surface area contributed by atoms with E-state index < -0.39 is 0 Å². The first-order valence-electron chi connectivity index (χ1n) is 5.84. The van der Waals surface area contributed by atoms with Crippen molar-refractivity contribution in [1.82, 2.24) is 4.98 Å². The molecule has 3 nitrogen and oxygen atoms in total. The summed E-state index contributed by atoms with van der Waals surface area (Å²) in [6.45, 7) is 2.77. The fourth-order valence-electron chi connectivity index (χ4n) is 2.06. The highest BCUT2D eigenvalue weighted by atomic mass is 16.5. The lowest BCUT2D eigenvalue weighted by Crippen LogP contribution is -2.10. The van der Waals surface area contributed by atoms with E-state index >= 15 is 0 Å². The van der Waals surface area contributed by atoms with E-state index in [0.29, 0.717) is 12.1 Å². The minimum absolute atomic E-state index is 0.133. The molecule has 0 radical (unpaired) electrons. The minimum atomic E-state index is 0.133. The molecule has 1 atom stereocenters. The molecular weight excluding hydrogens is 202 g/mol. The highest BCUT2D eigenvalue weighted by molar-refractivity contribution is 5.95. The molecule has 1 fully saturated rings. The van der Waals surface area contributed by atoms with Crippen LogP contribution in [-0.2, 0) is 4.74 Å². The van der Waals surface area contributed by atoms with Crippen LogP contribution in [0.4, 0.5) is 0 Å². The average Bonchev–Trinajstić information content (AvgIpc) is 2.79. The molecule has 0 spiro atoms. The van der Waals surface area contributed by atoms with Crippen LogP contribution in [0.25, 0.3) is 0 Å². The second-order valence-corrected chi connectivity index (χ2v) is 4.27. The molecule has 0 bridgehead atoms. The van der Waals surface area contributed by atoms with Crippen molar-refractivity contribution in [3.63, 3.8) is 0 Å². The molecule has 86 valence electrons. The van der Waals surface area contributed by atoms with Crippen molar-refractivity contribution in [1.29, 1.82) is 0 Å². The van der Waals surface area contributed by atoms with Gasteiger partial charge in [0, 0.05) is 19.2 Å². The number of rotatable bonds is 4. The molecule has 0 aliphatic carbocycles. The Morgan fingerprint density at radius 3 is 3.19 bits per heavy atom. The van der Waals surface area contributed by atoms with Gasteiger partial charge in [0.1, 0.15) is 5.69 Å². The Morgan fingerprint density at radius 1 is 1.62 bits per heavy atom. The van der Waals surface area contributed by atoms with Gasteiger partial charge in [0.05, 0.1) is 6.10 Å². The summed E-state index contributed by atoms with van der Waals surface area (Å²) in [6, 6.07) is 3.78. The first kappa shape index (κ1) is 11.3. The first-order valence-corrected chi connectivity index (χ1v) is 5.84. The Morgan fingerprint density at radius 2 is 2.50 bits per heavy atom. The number of hydrogen-bond donors (Lipinski definition) is 0. The van der Waals surface area contributed by atoms with E-state index in [0.717, 1.165) is 31.4 Å². The zero-order chi connectivity index (χ0) is 11.4. The van der Waals surface area contributed by atoms with E-state index in [-0.39, 0.29) is 11.9 Å². The zero-order valence-corrected chi connectivity index (χ0v) is 9.61. The molecule has 0 N–H and O–H groups in total. The minimum Gasteiger partial charge on any atom is -0.378 e. The van der Waals surface area contributed by atoms with Gasteiger partial charge in [0.2, 0.25) is 0 Å². The Labute approximate surface area is 95.8 Å². The predicted octanol–water partition coefficient (Wildman–Crippen LogP) is 2.53. The molecular formula is C13H17NO2. The van der Waals surface area contributed by atoms with Crippen LogP contribution in [-0.4, -0.2) is 23.5 Å². The van der Waals surface area contributed by atoms with Gasteiger partial charge in [0.15, 0.2) is 5.78 Å². The molecule has 1 aliphatic heterocycles. The number of Topliss-reactive ketones (excluding diaryl/α,β-unsaturated/α-hetero) is 1. The summed E-state index contributed by atoms with van der Waals surface area (Å²) >= 11 is 0. The molecule has 16 heavy (non-hydrogen) atoms. The average molecular weight is 219 g/mol. The lowest BCUT2D eigenvalue weighted by atomic mass is 10.0. The van der Waals surface area contributed by atoms with Gasteiger partial charge < -0.3 is 4.74 Å². The van der Waals surface area contributed by atoms with Crippen LogP contribution in [0.1, 0.15) is 41.7 Å². The van der Waals surface area contributed by atoms with Gasteiger partial charge in [-0.1, -0.05) is 6.07 Å². The monoisotopic (exact) mass is 219 g/mol. The molecule has 2 rings (SSSR count). The maximum absolute atomic E-state index is 11.9. The lowest BCUT2D eigenvalue weighted by Gasteiger charge is -2.08. The highest BCUT2D eigenvalue weighted by Gasteiger charge is 2.18. The molecule has 0 saturated carbocycles. The molecule has 0 aromatic carbocycles. The van der Waals surface area contributed by atoms with E-state index in [1.807, 2.05) is 19.1 Å². The van der Waals surface area contributed by atoms with Crippen LogP contribution in [0.3, 0.4) is 0 Å². The first-order chi connectivity index (χ1) is 7.77. The van der Waals surface area contributed by atoms with Crippen LogP contribution in [0.5, 0.6) is 0 Å². The summed E-state index contributed by atoms with van der Waals surface area (Å²) in [7, 11) is 0. The second kappa shape index (κ2) is 5.21. The summed E-state index contributed by atoms with van der Waals surface area (Å²) in [5.74, 6) is 0.133. The fraction of sp³-hybridized carbons (Fsp3) is 0.538. The summed E-state index contributed by atoms with van der Waals surface area (Å²) in [5.41, 5.74) is 1.57. The molecule has 1 aromatic rings. The highest BCUT2D eigenvalue weighted by Crippen LogP contribution is 2.18. The Bertz CT molecular complexity index is 370. The van der Waals surface area contributed by atoms with Crippen molar-refractivity contribution in [3.8, 4) is 0 Å². The number of pyridine rings is 1. The van der Waals surface area contributed by atoms with Gasteiger partial charge in [0.25, 0.3) is 0 Å².